The number of hydrogen-bond donors (Lipinski definition) is 3. The van der Waals surface area contributed by atoms with E-state index in [2.05, 4.69) is 31.0 Å². The highest BCUT2D eigenvalue weighted by Gasteiger charge is 2.12. The van der Waals surface area contributed by atoms with Gasteiger partial charge in [0.05, 0.1) is 25.1 Å². The predicted octanol–water partition coefficient (Wildman–Crippen LogP) is 1.82. The number of morpholine rings is 1. The summed E-state index contributed by atoms with van der Waals surface area (Å²) in [6, 6.07) is 4.52. The maximum Gasteiger partial charge on any atom is 0.319 e. The molecule has 3 N–H and O–H groups in total. The number of carbonyl (C=O) groups is 1. The number of rotatable bonds is 6. The molecule has 0 radical (unpaired) electrons. The van der Waals surface area contributed by atoms with Crippen LogP contribution in [0, 0.1) is 11.6 Å². The zero-order valence-electron chi connectivity index (χ0n) is 14.5. The Hall–Kier alpha value is -3.01. The summed E-state index contributed by atoms with van der Waals surface area (Å²) >= 11 is 0. The third-order valence-electron chi connectivity index (χ3n) is 3.91. The van der Waals surface area contributed by atoms with E-state index in [9.17, 15) is 13.6 Å². The minimum Gasteiger partial charge on any atom is -0.378 e. The van der Waals surface area contributed by atoms with E-state index in [1.165, 1.54) is 6.07 Å². The maximum absolute atomic E-state index is 13.1. The smallest absolute Gasteiger partial charge is 0.319 e. The van der Waals surface area contributed by atoms with E-state index in [0.717, 1.165) is 30.9 Å². The van der Waals surface area contributed by atoms with Gasteiger partial charge in [-0.05, 0) is 12.1 Å². The van der Waals surface area contributed by atoms with Crippen LogP contribution in [0.5, 0.6) is 0 Å². The van der Waals surface area contributed by atoms with Crippen LogP contribution < -0.4 is 20.9 Å². The van der Waals surface area contributed by atoms with Crippen LogP contribution in [0.4, 0.5) is 30.8 Å². The fraction of sp³-hybridized carbons (Fsp3) is 0.353. The number of nitrogens with zero attached hydrogens (tertiary/aromatic N) is 3. The highest BCUT2D eigenvalue weighted by Crippen LogP contribution is 2.17. The van der Waals surface area contributed by atoms with Gasteiger partial charge in [0.15, 0.2) is 17.5 Å². The lowest BCUT2D eigenvalue weighted by molar-refractivity contribution is 0.122. The molecule has 1 fully saturated rings. The molecule has 0 bridgehead atoms. The van der Waals surface area contributed by atoms with Gasteiger partial charge in [0.25, 0.3) is 0 Å². The van der Waals surface area contributed by atoms with Gasteiger partial charge in [-0.3, -0.25) is 0 Å². The molecule has 10 heteroatoms. The second-order valence-electron chi connectivity index (χ2n) is 5.83. The Morgan fingerprint density at radius 2 is 1.96 bits per heavy atom. The lowest BCUT2D eigenvalue weighted by atomic mass is 10.3. The van der Waals surface area contributed by atoms with Crippen LogP contribution >= 0.6 is 0 Å². The summed E-state index contributed by atoms with van der Waals surface area (Å²) < 4.78 is 31.3. The van der Waals surface area contributed by atoms with Crippen molar-refractivity contribution in [1.82, 2.24) is 15.5 Å². The first-order valence-corrected chi connectivity index (χ1v) is 8.51. The van der Waals surface area contributed by atoms with Crippen molar-refractivity contribution >= 4 is 23.2 Å². The number of anilines is 3. The summed E-state index contributed by atoms with van der Waals surface area (Å²) in [4.78, 5) is 13.9. The minimum atomic E-state index is -1.02. The third kappa shape index (κ3) is 5.48. The summed E-state index contributed by atoms with van der Waals surface area (Å²) in [5, 5.41) is 16.1. The highest BCUT2D eigenvalue weighted by atomic mass is 19.2. The lowest BCUT2D eigenvalue weighted by Crippen LogP contribution is -2.36. The Morgan fingerprint density at radius 1 is 1.15 bits per heavy atom. The zero-order valence-corrected chi connectivity index (χ0v) is 14.5. The second kappa shape index (κ2) is 9.08. The van der Waals surface area contributed by atoms with Gasteiger partial charge in [-0.15, -0.1) is 5.10 Å². The molecule has 0 aliphatic carbocycles. The zero-order chi connectivity index (χ0) is 19.1. The number of ether oxygens (including phenoxy) is 1. The van der Waals surface area contributed by atoms with Gasteiger partial charge in [-0.1, -0.05) is 0 Å². The Bertz CT molecular complexity index is 786. The van der Waals surface area contributed by atoms with Crippen LogP contribution in [0.15, 0.2) is 30.5 Å². The summed E-state index contributed by atoms with van der Waals surface area (Å²) in [6.07, 6.45) is 1.70. The lowest BCUT2D eigenvalue weighted by Gasteiger charge is -2.28. The molecule has 2 amide bonds. The molecule has 0 unspecified atom stereocenters. The standard InChI is InChI=1S/C17H20F2N6O2/c18-14-2-1-12(9-15(14)19)23-17(26)21-4-3-20-16-10-13(11-22-24-16)25-5-7-27-8-6-25/h1-2,9-11H,3-8H2,(H,20,24)(H2,21,23,26). The molecule has 1 aromatic heterocycles. The van der Waals surface area contributed by atoms with E-state index in [1.807, 2.05) is 6.07 Å². The van der Waals surface area contributed by atoms with Crippen molar-refractivity contribution in [2.75, 3.05) is 54.9 Å². The number of urea groups is 1. The van der Waals surface area contributed by atoms with Crippen molar-refractivity contribution in [1.29, 1.82) is 0 Å². The van der Waals surface area contributed by atoms with Crippen LogP contribution in [0.3, 0.4) is 0 Å². The van der Waals surface area contributed by atoms with Gasteiger partial charge in [-0.25, -0.2) is 13.6 Å². The molecule has 2 aromatic rings. The molecule has 27 heavy (non-hydrogen) atoms. The van der Waals surface area contributed by atoms with E-state index in [0.29, 0.717) is 32.1 Å². The number of halogens is 2. The number of hydrogen-bond acceptors (Lipinski definition) is 6. The van der Waals surface area contributed by atoms with E-state index in [4.69, 9.17) is 4.74 Å². The van der Waals surface area contributed by atoms with Crippen molar-refractivity contribution in [2.45, 2.75) is 0 Å². The summed E-state index contributed by atoms with van der Waals surface area (Å²) in [6.45, 7) is 3.70. The molecule has 1 aromatic carbocycles. The fourth-order valence-corrected chi connectivity index (χ4v) is 2.55. The topological polar surface area (TPSA) is 91.4 Å². The number of nitrogens with one attached hydrogen (secondary N) is 3. The quantitative estimate of drug-likeness (QED) is 0.665. The average Bonchev–Trinajstić information content (AvgIpc) is 2.69. The van der Waals surface area contributed by atoms with Gasteiger partial charge in [-0.2, -0.15) is 5.10 Å². The molecular weight excluding hydrogens is 358 g/mol. The Kier molecular flexibility index (Phi) is 6.31. The molecule has 1 aliphatic heterocycles. The van der Waals surface area contributed by atoms with Gasteiger partial charge in [0.2, 0.25) is 0 Å². The number of benzene rings is 1. The Labute approximate surface area is 154 Å². The summed E-state index contributed by atoms with van der Waals surface area (Å²) in [7, 11) is 0. The van der Waals surface area contributed by atoms with Crippen LogP contribution in [0.2, 0.25) is 0 Å². The molecule has 0 saturated carbocycles. The molecule has 144 valence electrons. The van der Waals surface area contributed by atoms with E-state index in [-0.39, 0.29) is 5.69 Å². The van der Waals surface area contributed by atoms with Crippen molar-refractivity contribution in [3.05, 3.63) is 42.1 Å². The fourth-order valence-electron chi connectivity index (χ4n) is 2.55. The first-order valence-electron chi connectivity index (χ1n) is 8.51. The highest BCUT2D eigenvalue weighted by molar-refractivity contribution is 5.89. The SMILES string of the molecule is O=C(NCCNc1cc(N2CCOCC2)cnn1)Nc1ccc(F)c(F)c1. The molecule has 2 heterocycles. The molecule has 0 spiro atoms. The average molecular weight is 378 g/mol. The Balaban J connectivity index is 1.41. The number of aromatic nitrogens is 2. The maximum atomic E-state index is 13.1. The normalized spacial score (nSPS) is 13.9. The third-order valence-corrected chi connectivity index (χ3v) is 3.91. The predicted molar refractivity (Wildman–Crippen MR) is 96.9 cm³/mol. The molecule has 0 atom stereocenters. The summed E-state index contributed by atoms with van der Waals surface area (Å²) in [5.74, 6) is -1.39. The van der Waals surface area contributed by atoms with Crippen LogP contribution in [0.25, 0.3) is 0 Å². The second-order valence-corrected chi connectivity index (χ2v) is 5.83. The Morgan fingerprint density at radius 3 is 2.74 bits per heavy atom. The first kappa shape index (κ1) is 18.8. The molecule has 8 nitrogen and oxygen atoms in total. The van der Waals surface area contributed by atoms with Gasteiger partial charge in [0, 0.05) is 44.0 Å². The van der Waals surface area contributed by atoms with E-state index in [1.54, 1.807) is 6.20 Å². The van der Waals surface area contributed by atoms with Crippen LogP contribution in [-0.4, -0.2) is 55.6 Å². The first-order chi connectivity index (χ1) is 13.1. The largest absolute Gasteiger partial charge is 0.378 e. The van der Waals surface area contributed by atoms with Gasteiger partial charge in [0.1, 0.15) is 0 Å². The van der Waals surface area contributed by atoms with Crippen molar-refractivity contribution in [2.24, 2.45) is 0 Å². The molecular formula is C17H20F2N6O2. The van der Waals surface area contributed by atoms with E-state index >= 15 is 0 Å². The van der Waals surface area contributed by atoms with Crippen LogP contribution in [-0.2, 0) is 4.74 Å². The van der Waals surface area contributed by atoms with Crippen LogP contribution in [0.1, 0.15) is 0 Å². The summed E-state index contributed by atoms with van der Waals surface area (Å²) in [5.41, 5.74) is 1.13. The molecule has 1 saturated heterocycles. The monoisotopic (exact) mass is 378 g/mol. The van der Waals surface area contributed by atoms with Crippen molar-refractivity contribution in [3.63, 3.8) is 0 Å². The van der Waals surface area contributed by atoms with Crippen molar-refractivity contribution in [3.8, 4) is 0 Å². The molecule has 3 rings (SSSR count). The minimum absolute atomic E-state index is 0.170. The van der Waals surface area contributed by atoms with Crippen molar-refractivity contribution < 1.29 is 18.3 Å². The van der Waals surface area contributed by atoms with Gasteiger partial charge >= 0.3 is 6.03 Å². The van der Waals surface area contributed by atoms with E-state index < -0.39 is 17.7 Å². The number of carbonyl (C=O) groups excluding carboxylic acids is 1. The molecule has 1 aliphatic rings. The van der Waals surface area contributed by atoms with Gasteiger partial charge < -0.3 is 25.6 Å². The number of amides is 2.